The standard InChI is InChI=1S/C8H16O6S2/c1-15(9,10)13-7-4-3-5-8(6-7)14-16(2,11)12/h7-8H,3-6H2,1-2H3/t7-,8+. The molecular weight excluding hydrogens is 256 g/mol. The third-order valence-corrected chi connectivity index (χ3v) is 3.44. The summed E-state index contributed by atoms with van der Waals surface area (Å²) in [6.07, 6.45) is 3.21. The van der Waals surface area contributed by atoms with E-state index in [0.717, 1.165) is 12.5 Å². The van der Waals surface area contributed by atoms with Gasteiger partial charge in [-0.05, 0) is 19.3 Å². The van der Waals surface area contributed by atoms with Crippen LogP contribution >= 0.6 is 0 Å². The molecule has 1 aliphatic carbocycles. The van der Waals surface area contributed by atoms with Crippen LogP contribution in [-0.2, 0) is 28.6 Å². The van der Waals surface area contributed by atoms with E-state index < -0.39 is 32.4 Å². The zero-order valence-corrected chi connectivity index (χ0v) is 10.9. The van der Waals surface area contributed by atoms with E-state index >= 15 is 0 Å². The zero-order valence-electron chi connectivity index (χ0n) is 9.25. The molecule has 16 heavy (non-hydrogen) atoms. The molecule has 0 radical (unpaired) electrons. The normalized spacial score (nSPS) is 27.9. The van der Waals surface area contributed by atoms with Gasteiger partial charge in [-0.15, -0.1) is 0 Å². The van der Waals surface area contributed by atoms with Crippen molar-refractivity contribution in [2.75, 3.05) is 12.5 Å². The first-order valence-electron chi connectivity index (χ1n) is 4.92. The molecule has 96 valence electrons. The van der Waals surface area contributed by atoms with E-state index in [9.17, 15) is 16.8 Å². The molecule has 1 fully saturated rings. The largest absolute Gasteiger partial charge is 0.267 e. The highest BCUT2D eigenvalue weighted by Gasteiger charge is 2.28. The van der Waals surface area contributed by atoms with Crippen molar-refractivity contribution < 1.29 is 25.2 Å². The molecule has 1 rings (SSSR count). The van der Waals surface area contributed by atoms with Crippen LogP contribution in [0.1, 0.15) is 25.7 Å². The van der Waals surface area contributed by atoms with Gasteiger partial charge in [0.15, 0.2) is 0 Å². The summed E-state index contributed by atoms with van der Waals surface area (Å²) in [5, 5.41) is 0. The van der Waals surface area contributed by atoms with Gasteiger partial charge in [0.25, 0.3) is 20.2 Å². The van der Waals surface area contributed by atoms with Crippen molar-refractivity contribution in [2.45, 2.75) is 37.9 Å². The summed E-state index contributed by atoms with van der Waals surface area (Å²) in [7, 11) is -6.99. The van der Waals surface area contributed by atoms with Crippen LogP contribution in [0.2, 0.25) is 0 Å². The fraction of sp³-hybridized carbons (Fsp3) is 1.00. The summed E-state index contributed by atoms with van der Waals surface area (Å²) in [4.78, 5) is 0. The zero-order chi connectivity index (χ0) is 12.4. The van der Waals surface area contributed by atoms with E-state index in [0.29, 0.717) is 25.7 Å². The van der Waals surface area contributed by atoms with Crippen LogP contribution in [0.5, 0.6) is 0 Å². The second-order valence-electron chi connectivity index (χ2n) is 4.01. The predicted octanol–water partition coefficient (Wildman–Crippen LogP) is 0.250. The van der Waals surface area contributed by atoms with Crippen LogP contribution in [-0.4, -0.2) is 41.6 Å². The second-order valence-corrected chi connectivity index (χ2v) is 7.21. The molecule has 0 N–H and O–H groups in total. The summed E-state index contributed by atoms with van der Waals surface area (Å²) < 4.78 is 53.3. The van der Waals surface area contributed by atoms with Crippen molar-refractivity contribution in [3.63, 3.8) is 0 Å². The SMILES string of the molecule is CS(=O)(=O)O[C@@H]1CCC[C@H](OS(C)(=O)=O)C1. The minimum atomic E-state index is -3.50. The van der Waals surface area contributed by atoms with Crippen molar-refractivity contribution in [1.29, 1.82) is 0 Å². The van der Waals surface area contributed by atoms with Gasteiger partial charge in [0.05, 0.1) is 24.7 Å². The smallest absolute Gasteiger partial charge is 0.264 e. The fourth-order valence-corrected chi connectivity index (χ4v) is 3.11. The molecule has 0 spiro atoms. The third-order valence-electron chi connectivity index (χ3n) is 2.20. The molecule has 0 unspecified atom stereocenters. The molecule has 1 saturated carbocycles. The molecule has 0 aromatic rings. The van der Waals surface area contributed by atoms with Gasteiger partial charge in [-0.3, -0.25) is 8.37 Å². The lowest BCUT2D eigenvalue weighted by atomic mass is 9.95. The van der Waals surface area contributed by atoms with E-state index in [1.807, 2.05) is 0 Å². The molecule has 0 saturated heterocycles. The Morgan fingerprint density at radius 1 is 0.875 bits per heavy atom. The van der Waals surface area contributed by atoms with Gasteiger partial charge in [0.1, 0.15) is 0 Å². The molecule has 0 aliphatic heterocycles. The van der Waals surface area contributed by atoms with E-state index in [4.69, 9.17) is 8.37 Å². The topological polar surface area (TPSA) is 86.7 Å². The van der Waals surface area contributed by atoms with Crippen molar-refractivity contribution in [3.8, 4) is 0 Å². The lowest BCUT2D eigenvalue weighted by Crippen LogP contribution is -2.31. The van der Waals surface area contributed by atoms with Crippen molar-refractivity contribution >= 4 is 20.2 Å². The van der Waals surface area contributed by atoms with Crippen LogP contribution in [0.15, 0.2) is 0 Å². The maximum absolute atomic E-state index is 10.9. The fourth-order valence-electron chi connectivity index (χ4n) is 1.77. The predicted molar refractivity (Wildman–Crippen MR) is 57.9 cm³/mol. The Kier molecular flexibility index (Phi) is 4.33. The lowest BCUT2D eigenvalue weighted by Gasteiger charge is -2.27. The maximum atomic E-state index is 10.9. The summed E-state index contributed by atoms with van der Waals surface area (Å²) in [6.45, 7) is 0. The van der Waals surface area contributed by atoms with Crippen LogP contribution in [0, 0.1) is 0 Å². The van der Waals surface area contributed by atoms with Gasteiger partial charge in [-0.1, -0.05) is 0 Å². The molecule has 0 bridgehead atoms. The third kappa shape index (κ3) is 5.78. The Balaban J connectivity index is 2.54. The molecule has 2 atom stereocenters. The highest BCUT2D eigenvalue weighted by atomic mass is 32.2. The van der Waals surface area contributed by atoms with Crippen LogP contribution in [0.3, 0.4) is 0 Å². The molecular formula is C8H16O6S2. The minimum absolute atomic E-state index is 0.292. The summed E-state index contributed by atoms with van der Waals surface area (Å²) in [6, 6.07) is 0. The molecule has 0 aromatic heterocycles. The first-order valence-corrected chi connectivity index (χ1v) is 8.55. The van der Waals surface area contributed by atoms with Crippen molar-refractivity contribution in [2.24, 2.45) is 0 Å². The Morgan fingerprint density at radius 3 is 1.56 bits per heavy atom. The average molecular weight is 272 g/mol. The van der Waals surface area contributed by atoms with Gasteiger partial charge < -0.3 is 0 Å². The van der Waals surface area contributed by atoms with Crippen molar-refractivity contribution in [3.05, 3.63) is 0 Å². The summed E-state index contributed by atoms with van der Waals surface area (Å²) in [5.41, 5.74) is 0. The van der Waals surface area contributed by atoms with Gasteiger partial charge in [-0.2, -0.15) is 16.8 Å². The van der Waals surface area contributed by atoms with E-state index in [2.05, 4.69) is 0 Å². The van der Waals surface area contributed by atoms with Gasteiger partial charge in [0.2, 0.25) is 0 Å². The highest BCUT2D eigenvalue weighted by Crippen LogP contribution is 2.25. The van der Waals surface area contributed by atoms with Gasteiger partial charge in [-0.25, -0.2) is 0 Å². The Labute approximate surface area is 96.2 Å². The number of hydrogen-bond acceptors (Lipinski definition) is 6. The Morgan fingerprint density at radius 2 is 1.25 bits per heavy atom. The highest BCUT2D eigenvalue weighted by molar-refractivity contribution is 7.86. The minimum Gasteiger partial charge on any atom is -0.267 e. The quantitative estimate of drug-likeness (QED) is 0.682. The van der Waals surface area contributed by atoms with Gasteiger partial charge >= 0.3 is 0 Å². The lowest BCUT2D eigenvalue weighted by molar-refractivity contribution is 0.0772. The van der Waals surface area contributed by atoms with Crippen LogP contribution < -0.4 is 0 Å². The Hall–Kier alpha value is -0.180. The van der Waals surface area contributed by atoms with E-state index in [1.54, 1.807) is 0 Å². The maximum Gasteiger partial charge on any atom is 0.264 e. The molecule has 8 heteroatoms. The number of hydrogen-bond donors (Lipinski definition) is 0. The first-order chi connectivity index (χ1) is 7.16. The molecule has 6 nitrogen and oxygen atoms in total. The van der Waals surface area contributed by atoms with Crippen LogP contribution in [0.4, 0.5) is 0 Å². The molecule has 0 heterocycles. The number of rotatable bonds is 4. The van der Waals surface area contributed by atoms with Crippen LogP contribution in [0.25, 0.3) is 0 Å². The molecule has 0 amide bonds. The second kappa shape index (κ2) is 4.99. The monoisotopic (exact) mass is 272 g/mol. The summed E-state index contributed by atoms with van der Waals surface area (Å²) >= 11 is 0. The van der Waals surface area contributed by atoms with Crippen molar-refractivity contribution in [1.82, 2.24) is 0 Å². The molecule has 1 aliphatic rings. The van der Waals surface area contributed by atoms with E-state index in [-0.39, 0.29) is 0 Å². The van der Waals surface area contributed by atoms with E-state index in [1.165, 1.54) is 0 Å². The average Bonchev–Trinajstić information content (AvgIpc) is 1.96. The van der Waals surface area contributed by atoms with Gasteiger partial charge in [0, 0.05) is 6.42 Å². The summed E-state index contributed by atoms with van der Waals surface area (Å²) in [5.74, 6) is 0. The first kappa shape index (κ1) is 13.9. The molecule has 0 aromatic carbocycles. The Bertz CT molecular complexity index is 383.